The lowest BCUT2D eigenvalue weighted by Gasteiger charge is -2.27. The number of carbonyl (C=O) groups is 2. The summed E-state index contributed by atoms with van der Waals surface area (Å²) in [4.78, 5) is 27.4. The molecule has 8 heteroatoms. The van der Waals surface area contributed by atoms with E-state index >= 15 is 0 Å². The molecule has 3 rings (SSSR count). The van der Waals surface area contributed by atoms with Gasteiger partial charge in [-0.3, -0.25) is 9.59 Å². The van der Waals surface area contributed by atoms with Crippen LogP contribution in [0.2, 0.25) is 0 Å². The molecule has 30 heavy (non-hydrogen) atoms. The minimum atomic E-state index is -0.855. The lowest BCUT2D eigenvalue weighted by Crippen LogP contribution is -2.32. The lowest BCUT2D eigenvalue weighted by molar-refractivity contribution is -0.129. The second-order valence-corrected chi connectivity index (χ2v) is 6.91. The van der Waals surface area contributed by atoms with Crippen molar-refractivity contribution in [2.75, 3.05) is 26.9 Å². The molecule has 1 aromatic heterocycles. The number of furan rings is 1. The van der Waals surface area contributed by atoms with Gasteiger partial charge in [0.25, 0.3) is 5.91 Å². The molecule has 1 aliphatic rings. The Labute approximate surface area is 174 Å². The summed E-state index contributed by atoms with van der Waals surface area (Å²) in [6, 6.07) is 6.90. The highest BCUT2D eigenvalue weighted by atomic mass is 16.5. The molecule has 2 aromatic rings. The largest absolute Gasteiger partial charge is 0.504 e. The molecule has 0 spiro atoms. The van der Waals surface area contributed by atoms with E-state index in [0.717, 1.165) is 0 Å². The molecule has 1 aromatic carbocycles. The van der Waals surface area contributed by atoms with Gasteiger partial charge in [0.1, 0.15) is 5.76 Å². The number of aliphatic hydroxyl groups is 1. The summed E-state index contributed by atoms with van der Waals surface area (Å²) in [5.74, 6) is -1.07. The van der Waals surface area contributed by atoms with Crippen molar-refractivity contribution < 1.29 is 33.7 Å². The molecule has 8 nitrogen and oxygen atoms in total. The fourth-order valence-electron chi connectivity index (χ4n) is 3.50. The van der Waals surface area contributed by atoms with Crippen LogP contribution in [0.4, 0.5) is 0 Å². The van der Waals surface area contributed by atoms with Gasteiger partial charge in [-0.05, 0) is 50.1 Å². The molecule has 0 bridgehead atoms. The van der Waals surface area contributed by atoms with Crippen LogP contribution in [0.1, 0.15) is 41.3 Å². The van der Waals surface area contributed by atoms with Gasteiger partial charge in [0.05, 0.1) is 18.2 Å². The smallest absolute Gasteiger partial charge is 0.290 e. The molecule has 1 amide bonds. The fraction of sp³-hybridized carbons (Fsp3) is 0.364. The van der Waals surface area contributed by atoms with Crippen LogP contribution in [0.5, 0.6) is 11.5 Å². The summed E-state index contributed by atoms with van der Waals surface area (Å²) >= 11 is 0. The monoisotopic (exact) mass is 415 g/mol. The SMILES string of the molecule is CCOc1cc(C2C(C(=O)c3ccc(C)o3)=C(O)C(=O)N2CCCOC)ccc1O. The van der Waals surface area contributed by atoms with Crippen molar-refractivity contribution in [2.45, 2.75) is 26.3 Å². The quantitative estimate of drug-likeness (QED) is 0.478. The molecule has 0 radical (unpaired) electrons. The van der Waals surface area contributed by atoms with Gasteiger partial charge in [-0.25, -0.2) is 0 Å². The first-order valence-corrected chi connectivity index (χ1v) is 9.68. The Kier molecular flexibility index (Phi) is 6.47. The number of ketones is 1. The Morgan fingerprint density at radius 1 is 1.23 bits per heavy atom. The number of carbonyl (C=O) groups excluding carboxylic acids is 2. The van der Waals surface area contributed by atoms with E-state index in [4.69, 9.17) is 13.9 Å². The topological polar surface area (TPSA) is 109 Å². The van der Waals surface area contributed by atoms with E-state index in [1.54, 1.807) is 39.2 Å². The number of Topliss-reactive ketones (excluding diaryl/α,β-unsaturated/α-hetero) is 1. The highest BCUT2D eigenvalue weighted by Crippen LogP contribution is 2.41. The second kappa shape index (κ2) is 9.04. The van der Waals surface area contributed by atoms with Crippen molar-refractivity contribution in [1.82, 2.24) is 4.90 Å². The predicted octanol–water partition coefficient (Wildman–Crippen LogP) is 3.31. The molecule has 0 saturated carbocycles. The number of amides is 1. The third kappa shape index (κ3) is 4.04. The number of nitrogens with zero attached hydrogens (tertiary/aromatic N) is 1. The minimum absolute atomic E-state index is 0.0365. The van der Waals surface area contributed by atoms with Gasteiger partial charge in [0.2, 0.25) is 5.78 Å². The number of aromatic hydroxyl groups is 1. The zero-order valence-electron chi connectivity index (χ0n) is 17.2. The summed E-state index contributed by atoms with van der Waals surface area (Å²) < 4.78 is 16.0. The third-order valence-corrected chi connectivity index (χ3v) is 4.86. The number of methoxy groups -OCH3 is 1. The van der Waals surface area contributed by atoms with Crippen LogP contribution < -0.4 is 4.74 Å². The number of aryl methyl sites for hydroxylation is 1. The van der Waals surface area contributed by atoms with Gasteiger partial charge in [-0.1, -0.05) is 6.07 Å². The molecule has 0 aliphatic carbocycles. The number of ether oxygens (including phenoxy) is 2. The van der Waals surface area contributed by atoms with Gasteiger partial charge in [-0.2, -0.15) is 0 Å². The number of rotatable bonds is 9. The predicted molar refractivity (Wildman–Crippen MR) is 108 cm³/mol. The van der Waals surface area contributed by atoms with Crippen molar-refractivity contribution >= 4 is 11.7 Å². The van der Waals surface area contributed by atoms with Crippen LogP contribution in [0.25, 0.3) is 0 Å². The van der Waals surface area contributed by atoms with Crippen LogP contribution in [0, 0.1) is 6.92 Å². The van der Waals surface area contributed by atoms with Gasteiger partial charge >= 0.3 is 0 Å². The fourth-order valence-corrected chi connectivity index (χ4v) is 3.50. The van der Waals surface area contributed by atoms with E-state index < -0.39 is 23.5 Å². The summed E-state index contributed by atoms with van der Waals surface area (Å²) in [5, 5.41) is 20.6. The van der Waals surface area contributed by atoms with E-state index in [1.807, 2.05) is 0 Å². The summed E-state index contributed by atoms with van der Waals surface area (Å²) in [7, 11) is 1.56. The Morgan fingerprint density at radius 3 is 2.63 bits per heavy atom. The van der Waals surface area contributed by atoms with Crippen molar-refractivity contribution in [1.29, 1.82) is 0 Å². The number of aliphatic hydroxyl groups excluding tert-OH is 1. The normalized spacial score (nSPS) is 16.4. The maximum atomic E-state index is 13.2. The van der Waals surface area contributed by atoms with Gasteiger partial charge < -0.3 is 29.0 Å². The highest BCUT2D eigenvalue weighted by Gasteiger charge is 2.44. The number of phenolic OH excluding ortho intramolecular Hbond substituents is 1. The molecule has 2 N–H and O–H groups in total. The van der Waals surface area contributed by atoms with Crippen LogP contribution in [0.15, 0.2) is 46.1 Å². The number of benzene rings is 1. The van der Waals surface area contributed by atoms with Gasteiger partial charge in [0.15, 0.2) is 23.0 Å². The first kappa shape index (κ1) is 21.4. The van der Waals surface area contributed by atoms with E-state index in [1.165, 1.54) is 17.0 Å². The Morgan fingerprint density at radius 2 is 2.00 bits per heavy atom. The zero-order valence-corrected chi connectivity index (χ0v) is 17.2. The maximum absolute atomic E-state index is 13.2. The molecule has 0 fully saturated rings. The zero-order chi connectivity index (χ0) is 21.8. The van der Waals surface area contributed by atoms with E-state index in [2.05, 4.69) is 0 Å². The highest BCUT2D eigenvalue weighted by molar-refractivity contribution is 6.15. The minimum Gasteiger partial charge on any atom is -0.504 e. The summed E-state index contributed by atoms with van der Waals surface area (Å²) in [6.07, 6.45) is 0.518. The molecular weight excluding hydrogens is 390 g/mol. The van der Waals surface area contributed by atoms with E-state index in [0.29, 0.717) is 31.0 Å². The van der Waals surface area contributed by atoms with Gasteiger partial charge in [0, 0.05) is 20.3 Å². The first-order valence-electron chi connectivity index (χ1n) is 9.68. The second-order valence-electron chi connectivity index (χ2n) is 6.91. The summed E-state index contributed by atoms with van der Waals surface area (Å²) in [6.45, 7) is 4.49. The number of hydrogen-bond acceptors (Lipinski definition) is 7. The van der Waals surface area contributed by atoms with E-state index in [9.17, 15) is 19.8 Å². The molecule has 0 saturated heterocycles. The molecular formula is C22H25NO7. The van der Waals surface area contributed by atoms with Crippen LogP contribution in [-0.4, -0.2) is 53.7 Å². The maximum Gasteiger partial charge on any atom is 0.290 e. The van der Waals surface area contributed by atoms with Crippen molar-refractivity contribution in [2.24, 2.45) is 0 Å². The lowest BCUT2D eigenvalue weighted by atomic mass is 9.94. The Balaban J connectivity index is 2.07. The first-order chi connectivity index (χ1) is 14.4. The van der Waals surface area contributed by atoms with Crippen LogP contribution >= 0.6 is 0 Å². The van der Waals surface area contributed by atoms with Crippen molar-refractivity contribution in [3.05, 3.63) is 58.7 Å². The molecule has 160 valence electrons. The van der Waals surface area contributed by atoms with Crippen molar-refractivity contribution in [3.63, 3.8) is 0 Å². The average Bonchev–Trinajstić information content (AvgIpc) is 3.26. The standard InChI is InChI=1S/C22H25NO7/c1-4-29-17-12-14(7-8-15(17)24)19-18(20(25)16-9-6-13(2)30-16)21(26)22(27)23(19)10-5-11-28-3/h6-9,12,19,24,26H,4-5,10-11H2,1-3H3. The molecule has 1 aliphatic heterocycles. The Hall–Kier alpha value is -3.26. The molecule has 2 heterocycles. The van der Waals surface area contributed by atoms with Crippen molar-refractivity contribution in [3.8, 4) is 11.5 Å². The number of hydrogen-bond donors (Lipinski definition) is 2. The van der Waals surface area contributed by atoms with Crippen LogP contribution in [-0.2, 0) is 9.53 Å². The molecule has 1 atom stereocenters. The summed E-state index contributed by atoms with van der Waals surface area (Å²) in [5.41, 5.74) is 0.456. The number of phenols is 1. The average molecular weight is 415 g/mol. The van der Waals surface area contributed by atoms with Crippen LogP contribution in [0.3, 0.4) is 0 Å². The Bertz CT molecular complexity index is 976. The third-order valence-electron chi connectivity index (χ3n) is 4.86. The van der Waals surface area contributed by atoms with E-state index in [-0.39, 0.29) is 29.4 Å². The molecule has 1 unspecified atom stereocenters. The van der Waals surface area contributed by atoms with Gasteiger partial charge in [-0.15, -0.1) is 0 Å².